The molecule has 2 heterocycles. The summed E-state index contributed by atoms with van der Waals surface area (Å²) >= 11 is 0. The summed E-state index contributed by atoms with van der Waals surface area (Å²) in [4.78, 5) is 31.4. The number of rotatable bonds is 1. The second-order valence-corrected chi connectivity index (χ2v) is 2.78. The highest BCUT2D eigenvalue weighted by molar-refractivity contribution is 6.16. The van der Waals surface area contributed by atoms with Crippen molar-refractivity contribution in [1.82, 2.24) is 15.3 Å². The summed E-state index contributed by atoms with van der Waals surface area (Å²) in [7, 11) is 0. The number of imide groups is 1. The molecule has 1 saturated heterocycles. The molecular formula is C8H8N4O2. The molecule has 0 aromatic carbocycles. The Labute approximate surface area is 80.0 Å². The maximum atomic E-state index is 11.4. The molecule has 0 radical (unpaired) electrons. The van der Waals surface area contributed by atoms with E-state index in [-0.39, 0.29) is 30.9 Å². The van der Waals surface area contributed by atoms with Crippen LogP contribution in [0.3, 0.4) is 0 Å². The van der Waals surface area contributed by atoms with Crippen LogP contribution >= 0.6 is 0 Å². The summed E-state index contributed by atoms with van der Waals surface area (Å²) in [5.74, 6) is -0.510. The second-order valence-electron chi connectivity index (χ2n) is 2.78. The first-order valence-corrected chi connectivity index (χ1v) is 4.12. The van der Waals surface area contributed by atoms with Crippen molar-refractivity contribution in [1.29, 1.82) is 0 Å². The van der Waals surface area contributed by atoms with Gasteiger partial charge in [-0.25, -0.2) is 14.9 Å². The predicted octanol–water partition coefficient (Wildman–Crippen LogP) is -1.06. The molecular weight excluding hydrogens is 184 g/mol. The molecule has 1 aliphatic heterocycles. The van der Waals surface area contributed by atoms with Gasteiger partial charge in [0.2, 0.25) is 17.8 Å². The van der Waals surface area contributed by atoms with Gasteiger partial charge < -0.3 is 0 Å². The Balaban J connectivity index is 2.32. The van der Waals surface area contributed by atoms with Crippen molar-refractivity contribution in [3.63, 3.8) is 0 Å². The molecule has 1 aliphatic rings. The molecule has 1 aromatic heterocycles. The van der Waals surface area contributed by atoms with Gasteiger partial charge >= 0.3 is 0 Å². The van der Waals surface area contributed by atoms with Crippen molar-refractivity contribution >= 4 is 17.8 Å². The Kier molecular flexibility index (Phi) is 2.19. The summed E-state index contributed by atoms with van der Waals surface area (Å²) < 4.78 is 0. The number of hydrogen-bond donors (Lipinski definition) is 1. The standard InChI is InChI=1S/C8H8N4O2/c13-6-4-9-5-7(14)12(6)8-10-2-1-3-11-8/h1-3,9H,4-5H2. The van der Waals surface area contributed by atoms with Crippen LogP contribution in [0.1, 0.15) is 0 Å². The first-order valence-electron chi connectivity index (χ1n) is 4.12. The molecule has 72 valence electrons. The Morgan fingerprint density at radius 1 is 1.14 bits per heavy atom. The monoisotopic (exact) mass is 192 g/mol. The van der Waals surface area contributed by atoms with E-state index >= 15 is 0 Å². The molecule has 0 saturated carbocycles. The Hall–Kier alpha value is -1.82. The number of nitrogens with zero attached hydrogens (tertiary/aromatic N) is 3. The average Bonchev–Trinajstić information content (AvgIpc) is 2.19. The Morgan fingerprint density at radius 2 is 1.71 bits per heavy atom. The van der Waals surface area contributed by atoms with E-state index < -0.39 is 0 Å². The van der Waals surface area contributed by atoms with E-state index in [1.807, 2.05) is 0 Å². The van der Waals surface area contributed by atoms with Crippen molar-refractivity contribution in [2.45, 2.75) is 0 Å². The Morgan fingerprint density at radius 3 is 2.29 bits per heavy atom. The molecule has 2 amide bonds. The van der Waals surface area contributed by atoms with Crippen LogP contribution in [-0.2, 0) is 9.59 Å². The third-order valence-electron chi connectivity index (χ3n) is 1.80. The molecule has 6 nitrogen and oxygen atoms in total. The van der Waals surface area contributed by atoms with Gasteiger partial charge in [-0.1, -0.05) is 0 Å². The number of carbonyl (C=O) groups is 2. The first-order chi connectivity index (χ1) is 6.79. The van der Waals surface area contributed by atoms with Crippen LogP contribution in [0.5, 0.6) is 0 Å². The van der Waals surface area contributed by atoms with Crippen molar-refractivity contribution in [2.24, 2.45) is 0 Å². The van der Waals surface area contributed by atoms with Gasteiger partial charge in [-0.15, -0.1) is 0 Å². The van der Waals surface area contributed by atoms with E-state index in [1.165, 1.54) is 12.4 Å². The topological polar surface area (TPSA) is 75.2 Å². The van der Waals surface area contributed by atoms with Crippen LogP contribution in [0.4, 0.5) is 5.95 Å². The normalized spacial score (nSPS) is 17.3. The first kappa shape index (κ1) is 8.76. The number of amides is 2. The number of carbonyl (C=O) groups excluding carboxylic acids is 2. The van der Waals surface area contributed by atoms with Gasteiger partial charge in [0.05, 0.1) is 13.1 Å². The van der Waals surface area contributed by atoms with Crippen LogP contribution in [-0.4, -0.2) is 34.9 Å². The highest BCUT2D eigenvalue weighted by Gasteiger charge is 2.28. The number of anilines is 1. The fourth-order valence-electron chi connectivity index (χ4n) is 1.20. The lowest BCUT2D eigenvalue weighted by atomic mass is 10.3. The summed E-state index contributed by atoms with van der Waals surface area (Å²) in [5.41, 5.74) is 0. The van der Waals surface area contributed by atoms with Crippen LogP contribution in [0.25, 0.3) is 0 Å². The zero-order valence-electron chi connectivity index (χ0n) is 7.30. The maximum absolute atomic E-state index is 11.4. The zero-order chi connectivity index (χ0) is 9.97. The third-order valence-corrected chi connectivity index (χ3v) is 1.80. The van der Waals surface area contributed by atoms with Crippen molar-refractivity contribution in [3.05, 3.63) is 18.5 Å². The molecule has 14 heavy (non-hydrogen) atoms. The van der Waals surface area contributed by atoms with E-state index in [0.717, 1.165) is 4.90 Å². The predicted molar refractivity (Wildman–Crippen MR) is 47.4 cm³/mol. The van der Waals surface area contributed by atoms with Gasteiger partial charge in [0.25, 0.3) is 0 Å². The van der Waals surface area contributed by atoms with Crippen LogP contribution in [0, 0.1) is 0 Å². The quantitative estimate of drug-likeness (QED) is 0.574. The van der Waals surface area contributed by atoms with Crippen molar-refractivity contribution < 1.29 is 9.59 Å². The van der Waals surface area contributed by atoms with E-state index in [0.29, 0.717) is 0 Å². The lowest BCUT2D eigenvalue weighted by Crippen LogP contribution is -2.52. The van der Waals surface area contributed by atoms with Gasteiger partial charge in [0, 0.05) is 12.4 Å². The molecule has 1 fully saturated rings. The third kappa shape index (κ3) is 1.47. The smallest absolute Gasteiger partial charge is 0.250 e. The molecule has 0 spiro atoms. The van der Waals surface area contributed by atoms with Gasteiger partial charge in [-0.05, 0) is 6.07 Å². The van der Waals surface area contributed by atoms with Gasteiger partial charge in [0.15, 0.2) is 0 Å². The fraction of sp³-hybridized carbons (Fsp3) is 0.250. The minimum atomic E-state index is -0.326. The maximum Gasteiger partial charge on any atom is 0.250 e. The lowest BCUT2D eigenvalue weighted by molar-refractivity contribution is -0.127. The number of aromatic nitrogens is 2. The molecule has 1 aromatic rings. The molecule has 1 N–H and O–H groups in total. The number of piperazine rings is 1. The fourth-order valence-corrected chi connectivity index (χ4v) is 1.20. The van der Waals surface area contributed by atoms with Gasteiger partial charge in [-0.2, -0.15) is 0 Å². The molecule has 0 atom stereocenters. The van der Waals surface area contributed by atoms with E-state index in [4.69, 9.17) is 0 Å². The summed E-state index contributed by atoms with van der Waals surface area (Å²) in [6.45, 7) is 0.286. The van der Waals surface area contributed by atoms with Crippen molar-refractivity contribution in [3.8, 4) is 0 Å². The van der Waals surface area contributed by atoms with Crippen LogP contribution < -0.4 is 10.2 Å². The zero-order valence-corrected chi connectivity index (χ0v) is 7.30. The Bertz CT molecular complexity index is 349. The second kappa shape index (κ2) is 3.51. The van der Waals surface area contributed by atoms with Crippen LogP contribution in [0.2, 0.25) is 0 Å². The summed E-state index contributed by atoms with van der Waals surface area (Å²) in [5, 5.41) is 2.69. The number of hydrogen-bond acceptors (Lipinski definition) is 5. The minimum Gasteiger partial charge on any atom is -0.300 e. The molecule has 0 bridgehead atoms. The summed E-state index contributed by atoms with van der Waals surface area (Å²) in [6, 6.07) is 1.63. The highest BCUT2D eigenvalue weighted by atomic mass is 16.2. The van der Waals surface area contributed by atoms with E-state index in [2.05, 4.69) is 15.3 Å². The largest absolute Gasteiger partial charge is 0.300 e. The molecule has 2 rings (SSSR count). The lowest BCUT2D eigenvalue weighted by Gasteiger charge is -2.22. The van der Waals surface area contributed by atoms with E-state index in [1.54, 1.807) is 6.07 Å². The van der Waals surface area contributed by atoms with E-state index in [9.17, 15) is 9.59 Å². The molecule has 0 unspecified atom stereocenters. The average molecular weight is 192 g/mol. The number of nitrogens with one attached hydrogen (secondary N) is 1. The molecule has 6 heteroatoms. The summed E-state index contributed by atoms with van der Waals surface area (Å²) in [6.07, 6.45) is 2.98. The van der Waals surface area contributed by atoms with Crippen LogP contribution in [0.15, 0.2) is 18.5 Å². The highest BCUT2D eigenvalue weighted by Crippen LogP contribution is 2.07. The van der Waals surface area contributed by atoms with Gasteiger partial charge in [-0.3, -0.25) is 14.9 Å². The van der Waals surface area contributed by atoms with Crippen molar-refractivity contribution in [2.75, 3.05) is 18.0 Å². The minimum absolute atomic E-state index is 0.143. The molecule has 0 aliphatic carbocycles. The van der Waals surface area contributed by atoms with Gasteiger partial charge in [0.1, 0.15) is 0 Å². The SMILES string of the molecule is O=C1CNCC(=O)N1c1ncccn1.